The van der Waals surface area contributed by atoms with Crippen molar-refractivity contribution in [3.63, 3.8) is 0 Å². The van der Waals surface area contributed by atoms with E-state index in [4.69, 9.17) is 0 Å². The maximum absolute atomic E-state index is 11.3. The van der Waals surface area contributed by atoms with Gasteiger partial charge in [0, 0.05) is 12.8 Å². The fraction of sp³-hybridized carbons (Fsp3) is 1.00. The van der Waals surface area contributed by atoms with Gasteiger partial charge < -0.3 is 5.32 Å². The molecule has 2 unspecified atom stereocenters. The molecule has 0 bridgehead atoms. The van der Waals surface area contributed by atoms with E-state index in [9.17, 15) is 8.42 Å². The zero-order valence-corrected chi connectivity index (χ0v) is 8.03. The molecule has 0 heterocycles. The fourth-order valence-corrected chi connectivity index (χ4v) is 3.34. The average molecular weight is 177 g/mol. The Labute approximate surface area is 68.1 Å². The van der Waals surface area contributed by atoms with E-state index < -0.39 is 14.6 Å². The number of hydrogen-bond donors (Lipinski definition) is 1. The van der Waals surface area contributed by atoms with Gasteiger partial charge in [0.25, 0.3) is 0 Å². The Kier molecular flexibility index (Phi) is 2.01. The van der Waals surface area contributed by atoms with Gasteiger partial charge in [-0.15, -0.1) is 0 Å². The van der Waals surface area contributed by atoms with E-state index in [-0.39, 0.29) is 0 Å². The Balaban J connectivity index is 2.81. The van der Waals surface area contributed by atoms with Crippen LogP contribution in [0.5, 0.6) is 0 Å². The third kappa shape index (κ3) is 1.29. The Morgan fingerprint density at radius 2 is 2.09 bits per heavy atom. The van der Waals surface area contributed by atoms with Gasteiger partial charge in [-0.2, -0.15) is 0 Å². The van der Waals surface area contributed by atoms with Crippen LogP contribution >= 0.6 is 0 Å². The maximum atomic E-state index is 11.3. The van der Waals surface area contributed by atoms with Crippen LogP contribution in [0, 0.1) is 5.92 Å². The van der Waals surface area contributed by atoms with Crippen molar-refractivity contribution in [2.24, 2.45) is 5.92 Å². The van der Waals surface area contributed by atoms with Crippen molar-refractivity contribution in [1.82, 2.24) is 5.32 Å². The van der Waals surface area contributed by atoms with Crippen molar-refractivity contribution in [1.29, 1.82) is 0 Å². The highest BCUT2D eigenvalue weighted by Gasteiger charge is 2.58. The minimum Gasteiger partial charge on any atom is -0.318 e. The first-order chi connectivity index (χ1) is 4.94. The fourth-order valence-electron chi connectivity index (χ4n) is 1.65. The molecule has 11 heavy (non-hydrogen) atoms. The van der Waals surface area contributed by atoms with Crippen LogP contribution in [0.2, 0.25) is 0 Å². The molecule has 1 N–H and O–H groups in total. The topological polar surface area (TPSA) is 46.2 Å². The van der Waals surface area contributed by atoms with Gasteiger partial charge in [0.2, 0.25) is 0 Å². The Morgan fingerprint density at radius 3 is 2.18 bits per heavy atom. The summed E-state index contributed by atoms with van der Waals surface area (Å²) in [5, 5.41) is 2.93. The van der Waals surface area contributed by atoms with E-state index >= 15 is 0 Å². The van der Waals surface area contributed by atoms with Gasteiger partial charge in [0.05, 0.1) is 4.75 Å². The first-order valence-corrected chi connectivity index (χ1v) is 5.67. The lowest BCUT2D eigenvalue weighted by molar-refractivity contribution is 0.566. The summed E-state index contributed by atoms with van der Waals surface area (Å²) in [7, 11) is -1.08. The summed E-state index contributed by atoms with van der Waals surface area (Å²) in [6.45, 7) is 2.57. The van der Waals surface area contributed by atoms with E-state index in [1.807, 2.05) is 6.92 Å². The minimum atomic E-state index is -2.87. The van der Waals surface area contributed by atoms with Crippen molar-refractivity contribution >= 4 is 9.84 Å². The Bertz CT molecular complexity index is 247. The van der Waals surface area contributed by atoms with Crippen LogP contribution in [-0.4, -0.2) is 33.0 Å². The zero-order chi connectivity index (χ0) is 8.70. The van der Waals surface area contributed by atoms with Crippen molar-refractivity contribution in [3.05, 3.63) is 0 Å². The molecule has 0 aromatic rings. The molecule has 2 atom stereocenters. The highest BCUT2D eigenvalue weighted by Crippen LogP contribution is 2.48. The Hall–Kier alpha value is -0.0900. The van der Waals surface area contributed by atoms with Crippen LogP contribution in [0.3, 0.4) is 0 Å². The molecular formula is C7H15NO2S. The molecule has 0 spiro atoms. The minimum absolute atomic E-state index is 0.324. The lowest BCUT2D eigenvalue weighted by Gasteiger charge is -2.12. The second-order valence-corrected chi connectivity index (χ2v) is 5.83. The summed E-state index contributed by atoms with van der Waals surface area (Å²) in [4.78, 5) is 0. The van der Waals surface area contributed by atoms with Crippen LogP contribution in [0.4, 0.5) is 0 Å². The van der Waals surface area contributed by atoms with Crippen LogP contribution in [0.1, 0.15) is 13.3 Å². The largest absolute Gasteiger partial charge is 0.318 e. The summed E-state index contributed by atoms with van der Waals surface area (Å²) in [6.07, 6.45) is 2.14. The van der Waals surface area contributed by atoms with Gasteiger partial charge in [0.15, 0.2) is 9.84 Å². The summed E-state index contributed by atoms with van der Waals surface area (Å²) >= 11 is 0. The SMILES string of the molecule is CNCC1(S(C)(=O)=O)CC1C. The van der Waals surface area contributed by atoms with Crippen LogP contribution in [0.25, 0.3) is 0 Å². The van der Waals surface area contributed by atoms with E-state index in [2.05, 4.69) is 5.32 Å². The number of rotatable bonds is 3. The highest BCUT2D eigenvalue weighted by molar-refractivity contribution is 7.92. The van der Waals surface area contributed by atoms with Gasteiger partial charge in [-0.1, -0.05) is 6.92 Å². The molecule has 0 aliphatic heterocycles. The second kappa shape index (κ2) is 2.45. The summed E-state index contributed by atoms with van der Waals surface area (Å²) in [5.74, 6) is 0.324. The Morgan fingerprint density at radius 1 is 1.64 bits per heavy atom. The molecule has 0 aromatic heterocycles. The molecule has 0 saturated heterocycles. The van der Waals surface area contributed by atoms with Crippen molar-refractivity contribution in [2.45, 2.75) is 18.1 Å². The number of hydrogen-bond acceptors (Lipinski definition) is 3. The predicted molar refractivity (Wildman–Crippen MR) is 45.3 cm³/mol. The smallest absolute Gasteiger partial charge is 0.154 e. The molecule has 1 aliphatic rings. The maximum Gasteiger partial charge on any atom is 0.154 e. The molecule has 1 rings (SSSR count). The van der Waals surface area contributed by atoms with E-state index in [0.717, 1.165) is 6.42 Å². The molecule has 4 heteroatoms. The van der Waals surface area contributed by atoms with E-state index in [0.29, 0.717) is 12.5 Å². The van der Waals surface area contributed by atoms with Gasteiger partial charge in [0.1, 0.15) is 0 Å². The van der Waals surface area contributed by atoms with Gasteiger partial charge in [-0.25, -0.2) is 8.42 Å². The third-order valence-electron chi connectivity index (χ3n) is 2.60. The van der Waals surface area contributed by atoms with Crippen molar-refractivity contribution < 1.29 is 8.42 Å². The van der Waals surface area contributed by atoms with Crippen LogP contribution in [0.15, 0.2) is 0 Å². The van der Waals surface area contributed by atoms with Gasteiger partial charge in [-0.05, 0) is 19.4 Å². The van der Waals surface area contributed by atoms with Gasteiger partial charge in [-0.3, -0.25) is 0 Å². The quantitative estimate of drug-likeness (QED) is 0.661. The number of sulfone groups is 1. The molecule has 0 radical (unpaired) electrons. The molecule has 0 amide bonds. The molecule has 66 valence electrons. The van der Waals surface area contributed by atoms with Gasteiger partial charge >= 0.3 is 0 Å². The van der Waals surface area contributed by atoms with Crippen LogP contribution < -0.4 is 5.32 Å². The lowest BCUT2D eigenvalue weighted by Crippen LogP contribution is -2.34. The monoisotopic (exact) mass is 177 g/mol. The first-order valence-electron chi connectivity index (χ1n) is 3.78. The summed E-state index contributed by atoms with van der Waals surface area (Å²) in [6, 6.07) is 0. The molecule has 1 aliphatic carbocycles. The predicted octanol–water partition coefficient (Wildman–Crippen LogP) is 0.0290. The molecule has 3 nitrogen and oxygen atoms in total. The molecular weight excluding hydrogens is 162 g/mol. The van der Waals surface area contributed by atoms with E-state index in [1.165, 1.54) is 6.26 Å². The zero-order valence-electron chi connectivity index (χ0n) is 7.22. The average Bonchev–Trinajstić information content (AvgIpc) is 2.42. The molecule has 1 fully saturated rings. The van der Waals surface area contributed by atoms with E-state index in [1.54, 1.807) is 7.05 Å². The van der Waals surface area contributed by atoms with Crippen molar-refractivity contribution in [2.75, 3.05) is 19.8 Å². The van der Waals surface area contributed by atoms with Crippen molar-refractivity contribution in [3.8, 4) is 0 Å². The molecule has 0 aromatic carbocycles. The van der Waals surface area contributed by atoms with Crippen LogP contribution in [-0.2, 0) is 9.84 Å². The highest BCUT2D eigenvalue weighted by atomic mass is 32.2. The molecule has 1 saturated carbocycles. The normalized spacial score (nSPS) is 37.2. The first kappa shape index (κ1) is 9.00. The standard InChI is InChI=1S/C7H15NO2S/c1-6-4-7(6,5-8-2)11(3,9)10/h6,8H,4-5H2,1-3H3. The summed E-state index contributed by atoms with van der Waals surface area (Å²) < 4.78 is 22.1. The second-order valence-electron chi connectivity index (χ2n) is 3.47. The summed E-state index contributed by atoms with van der Waals surface area (Å²) in [5.41, 5.74) is 0. The lowest BCUT2D eigenvalue weighted by atomic mass is 10.3. The number of nitrogens with one attached hydrogen (secondary N) is 1. The third-order valence-corrected chi connectivity index (χ3v) is 4.79.